The number of hydrogen-bond acceptors (Lipinski definition) is 4. The quantitative estimate of drug-likeness (QED) is 0.591. The van der Waals surface area contributed by atoms with Gasteiger partial charge in [-0.05, 0) is 25.9 Å². The third-order valence-electron chi connectivity index (χ3n) is 2.80. The van der Waals surface area contributed by atoms with E-state index in [1.54, 1.807) is 0 Å². The number of rotatable bonds is 4. The predicted octanol–water partition coefficient (Wildman–Crippen LogP) is -0.745. The van der Waals surface area contributed by atoms with Crippen LogP contribution in [0.1, 0.15) is 19.8 Å². The fraction of sp³-hybridized carbons (Fsp3) is 0.800. The molecular weight excluding hydrogens is 208 g/mol. The minimum absolute atomic E-state index is 0.228. The SMILES string of the molecule is CCN(CC(=O)NC(N)=O)C1CCCNC1. The Kier molecular flexibility index (Phi) is 5.21. The highest BCUT2D eigenvalue weighted by atomic mass is 16.2. The van der Waals surface area contributed by atoms with Gasteiger partial charge < -0.3 is 11.1 Å². The second-order valence-corrected chi connectivity index (χ2v) is 3.98. The Hall–Kier alpha value is -1.14. The number of likely N-dealkylation sites (N-methyl/N-ethyl adjacent to an activating group) is 1. The molecule has 3 amide bonds. The molecule has 4 N–H and O–H groups in total. The maximum absolute atomic E-state index is 11.4. The van der Waals surface area contributed by atoms with Gasteiger partial charge in [0.2, 0.25) is 5.91 Å². The molecule has 1 fully saturated rings. The van der Waals surface area contributed by atoms with Gasteiger partial charge in [-0.25, -0.2) is 4.79 Å². The molecule has 16 heavy (non-hydrogen) atoms. The molecule has 0 aromatic rings. The van der Waals surface area contributed by atoms with Gasteiger partial charge in [0.15, 0.2) is 0 Å². The highest BCUT2D eigenvalue weighted by Crippen LogP contribution is 2.09. The van der Waals surface area contributed by atoms with Gasteiger partial charge in [-0.1, -0.05) is 6.92 Å². The van der Waals surface area contributed by atoms with Gasteiger partial charge in [-0.15, -0.1) is 0 Å². The molecule has 6 heteroatoms. The molecule has 0 saturated carbocycles. The normalized spacial score (nSPS) is 20.8. The molecule has 1 aliphatic heterocycles. The molecular formula is C10H20N4O2. The number of urea groups is 1. The summed E-state index contributed by atoms with van der Waals surface area (Å²) in [5.74, 6) is -0.333. The van der Waals surface area contributed by atoms with Crippen molar-refractivity contribution in [1.29, 1.82) is 0 Å². The van der Waals surface area contributed by atoms with Crippen molar-refractivity contribution in [2.75, 3.05) is 26.2 Å². The molecule has 0 spiro atoms. The van der Waals surface area contributed by atoms with E-state index in [-0.39, 0.29) is 12.5 Å². The molecule has 0 radical (unpaired) electrons. The van der Waals surface area contributed by atoms with Gasteiger partial charge in [-0.3, -0.25) is 15.0 Å². The van der Waals surface area contributed by atoms with E-state index in [4.69, 9.17) is 5.73 Å². The Morgan fingerprint density at radius 2 is 2.31 bits per heavy atom. The summed E-state index contributed by atoms with van der Waals surface area (Å²) < 4.78 is 0. The summed E-state index contributed by atoms with van der Waals surface area (Å²) in [6, 6.07) is -0.416. The third-order valence-corrected chi connectivity index (χ3v) is 2.80. The Bertz CT molecular complexity index is 251. The average Bonchev–Trinajstić information content (AvgIpc) is 2.26. The molecule has 0 aliphatic carbocycles. The van der Waals surface area contributed by atoms with Crippen molar-refractivity contribution in [2.45, 2.75) is 25.8 Å². The van der Waals surface area contributed by atoms with E-state index >= 15 is 0 Å². The van der Waals surface area contributed by atoms with Crippen LogP contribution in [0, 0.1) is 0 Å². The van der Waals surface area contributed by atoms with Crippen molar-refractivity contribution in [1.82, 2.24) is 15.5 Å². The number of piperidine rings is 1. The van der Waals surface area contributed by atoms with Gasteiger partial charge >= 0.3 is 6.03 Å². The van der Waals surface area contributed by atoms with Gasteiger partial charge in [0.05, 0.1) is 6.54 Å². The number of imide groups is 1. The fourth-order valence-electron chi connectivity index (χ4n) is 2.01. The van der Waals surface area contributed by atoms with Crippen molar-refractivity contribution < 1.29 is 9.59 Å². The smallest absolute Gasteiger partial charge is 0.318 e. The van der Waals surface area contributed by atoms with Gasteiger partial charge in [0.25, 0.3) is 0 Å². The molecule has 92 valence electrons. The lowest BCUT2D eigenvalue weighted by atomic mass is 10.1. The van der Waals surface area contributed by atoms with E-state index in [2.05, 4.69) is 15.5 Å². The van der Waals surface area contributed by atoms with Crippen LogP contribution in [0.2, 0.25) is 0 Å². The number of carbonyl (C=O) groups is 2. The average molecular weight is 228 g/mol. The number of nitrogens with zero attached hydrogens (tertiary/aromatic N) is 1. The first-order valence-electron chi connectivity index (χ1n) is 5.67. The van der Waals surface area contributed by atoms with Crippen LogP contribution >= 0.6 is 0 Å². The minimum atomic E-state index is -0.789. The number of hydrogen-bond donors (Lipinski definition) is 3. The number of primary amides is 1. The Morgan fingerprint density at radius 3 is 2.81 bits per heavy atom. The number of amides is 3. The summed E-state index contributed by atoms with van der Waals surface area (Å²) in [5, 5.41) is 5.38. The topological polar surface area (TPSA) is 87.5 Å². The first-order chi connectivity index (χ1) is 7.63. The van der Waals surface area contributed by atoms with Crippen LogP contribution in [0.15, 0.2) is 0 Å². The third kappa shape index (κ3) is 4.16. The van der Waals surface area contributed by atoms with Crippen LogP contribution in [0.3, 0.4) is 0 Å². The Labute approximate surface area is 95.5 Å². The van der Waals surface area contributed by atoms with E-state index in [9.17, 15) is 9.59 Å². The first kappa shape index (κ1) is 12.9. The van der Waals surface area contributed by atoms with E-state index in [0.717, 1.165) is 32.5 Å². The molecule has 1 unspecified atom stereocenters. The lowest BCUT2D eigenvalue weighted by Crippen LogP contribution is -2.50. The highest BCUT2D eigenvalue weighted by Gasteiger charge is 2.21. The monoisotopic (exact) mass is 228 g/mol. The molecule has 0 aromatic carbocycles. The molecule has 1 heterocycles. The van der Waals surface area contributed by atoms with Crippen LogP contribution in [0.25, 0.3) is 0 Å². The zero-order valence-electron chi connectivity index (χ0n) is 9.66. The first-order valence-corrected chi connectivity index (χ1v) is 5.67. The number of carbonyl (C=O) groups excluding carboxylic acids is 2. The second-order valence-electron chi connectivity index (χ2n) is 3.98. The minimum Gasteiger partial charge on any atom is -0.351 e. The highest BCUT2D eigenvalue weighted by molar-refractivity contribution is 5.94. The van der Waals surface area contributed by atoms with Crippen LogP contribution in [0.5, 0.6) is 0 Å². The number of nitrogens with two attached hydrogens (primary N) is 1. The molecule has 0 bridgehead atoms. The number of nitrogens with one attached hydrogen (secondary N) is 2. The Balaban J connectivity index is 2.40. The summed E-state index contributed by atoms with van der Waals surface area (Å²) in [4.78, 5) is 24.0. The van der Waals surface area contributed by atoms with E-state index < -0.39 is 6.03 Å². The molecule has 1 rings (SSSR count). The van der Waals surface area contributed by atoms with Crippen LogP contribution in [0.4, 0.5) is 4.79 Å². The van der Waals surface area contributed by atoms with Gasteiger partial charge in [-0.2, -0.15) is 0 Å². The summed E-state index contributed by atoms with van der Waals surface area (Å²) in [6.45, 7) is 4.97. The van der Waals surface area contributed by atoms with Crippen molar-refractivity contribution in [3.05, 3.63) is 0 Å². The van der Waals surface area contributed by atoms with Crippen molar-refractivity contribution >= 4 is 11.9 Å². The lowest BCUT2D eigenvalue weighted by molar-refractivity contribution is -0.121. The van der Waals surface area contributed by atoms with Crippen LogP contribution < -0.4 is 16.4 Å². The molecule has 1 aliphatic rings. The van der Waals surface area contributed by atoms with Crippen LogP contribution in [-0.4, -0.2) is 49.1 Å². The van der Waals surface area contributed by atoms with E-state index in [1.165, 1.54) is 0 Å². The van der Waals surface area contributed by atoms with Gasteiger partial charge in [0, 0.05) is 12.6 Å². The maximum Gasteiger partial charge on any atom is 0.318 e. The van der Waals surface area contributed by atoms with Crippen molar-refractivity contribution in [2.24, 2.45) is 5.73 Å². The fourth-order valence-corrected chi connectivity index (χ4v) is 2.01. The summed E-state index contributed by atoms with van der Waals surface area (Å²) in [6.07, 6.45) is 2.21. The van der Waals surface area contributed by atoms with E-state index in [1.807, 2.05) is 6.92 Å². The molecule has 0 aromatic heterocycles. The van der Waals surface area contributed by atoms with Crippen molar-refractivity contribution in [3.63, 3.8) is 0 Å². The summed E-state index contributed by atoms with van der Waals surface area (Å²) in [5.41, 5.74) is 4.89. The lowest BCUT2D eigenvalue weighted by Gasteiger charge is -2.33. The zero-order valence-corrected chi connectivity index (χ0v) is 9.66. The Morgan fingerprint density at radius 1 is 1.56 bits per heavy atom. The maximum atomic E-state index is 11.4. The zero-order chi connectivity index (χ0) is 12.0. The van der Waals surface area contributed by atoms with Crippen molar-refractivity contribution in [3.8, 4) is 0 Å². The summed E-state index contributed by atoms with van der Waals surface area (Å²) >= 11 is 0. The molecule has 6 nitrogen and oxygen atoms in total. The molecule has 1 atom stereocenters. The molecule has 1 saturated heterocycles. The predicted molar refractivity (Wildman–Crippen MR) is 60.9 cm³/mol. The standard InChI is InChI=1S/C10H20N4O2/c1-2-14(7-9(15)13-10(11)16)8-4-3-5-12-6-8/h8,12H,2-7H2,1H3,(H3,11,13,15,16). The largest absolute Gasteiger partial charge is 0.351 e. The van der Waals surface area contributed by atoms with Crippen LogP contribution in [-0.2, 0) is 4.79 Å². The van der Waals surface area contributed by atoms with E-state index in [0.29, 0.717) is 6.04 Å². The van der Waals surface area contributed by atoms with Gasteiger partial charge in [0.1, 0.15) is 0 Å². The summed E-state index contributed by atoms with van der Waals surface area (Å²) in [7, 11) is 0. The second kappa shape index (κ2) is 6.44.